The Hall–Kier alpha value is -1.49. The molecule has 1 aromatic heterocycles. The molecule has 3 N–H and O–H groups in total. The van der Waals surface area contributed by atoms with Crippen molar-refractivity contribution in [1.82, 2.24) is 15.3 Å². The van der Waals surface area contributed by atoms with Crippen molar-refractivity contribution in [3.05, 3.63) is 23.8 Å². The third-order valence-electron chi connectivity index (χ3n) is 1.36. The van der Waals surface area contributed by atoms with E-state index in [1.807, 2.05) is 0 Å². The zero-order chi connectivity index (χ0) is 8.97. The van der Waals surface area contributed by atoms with Crippen molar-refractivity contribution < 1.29 is 4.79 Å². The van der Waals surface area contributed by atoms with Crippen LogP contribution >= 0.6 is 0 Å². The lowest BCUT2D eigenvalue weighted by molar-refractivity contribution is 0.0948. The van der Waals surface area contributed by atoms with Crippen molar-refractivity contribution in [3.8, 4) is 0 Å². The highest BCUT2D eigenvalue weighted by Gasteiger charge is 2.08. The van der Waals surface area contributed by atoms with Crippen LogP contribution in [0.4, 0.5) is 0 Å². The largest absolute Gasteiger partial charge is 0.338 e. The fraction of sp³-hybridized carbons (Fsp3) is 0.286. The summed E-state index contributed by atoms with van der Waals surface area (Å²) in [4.78, 5) is 19.0. The quantitative estimate of drug-likeness (QED) is 0.576. The minimum Gasteiger partial charge on any atom is -0.338 e. The molecule has 0 unspecified atom stereocenters. The topological polar surface area (TPSA) is 80.9 Å². The van der Waals surface area contributed by atoms with Crippen molar-refractivity contribution in [2.75, 3.05) is 6.67 Å². The number of nitrogens with one attached hydrogen (secondary N) is 1. The standard InChI is InChI=1S/C7H10N4O/c1-5-6(7(12)11-4-8)10-3-2-9-5/h2-3H,4,8H2,1H3,(H,11,12). The molecule has 1 heterocycles. The van der Waals surface area contributed by atoms with Gasteiger partial charge in [0.25, 0.3) is 5.91 Å². The summed E-state index contributed by atoms with van der Waals surface area (Å²) in [5.41, 5.74) is 6.06. The second kappa shape index (κ2) is 3.77. The number of nitrogens with two attached hydrogens (primary N) is 1. The first kappa shape index (κ1) is 8.61. The summed E-state index contributed by atoms with van der Waals surface area (Å²) in [6.07, 6.45) is 3.01. The molecular formula is C7H10N4O. The molecule has 0 aromatic carbocycles. The molecule has 0 spiro atoms. The van der Waals surface area contributed by atoms with E-state index in [-0.39, 0.29) is 12.6 Å². The van der Waals surface area contributed by atoms with Gasteiger partial charge in [-0.1, -0.05) is 0 Å². The predicted octanol–water partition coefficient (Wildman–Crippen LogP) is -0.569. The highest BCUT2D eigenvalue weighted by atomic mass is 16.1. The van der Waals surface area contributed by atoms with Crippen LogP contribution in [0.1, 0.15) is 16.2 Å². The van der Waals surface area contributed by atoms with E-state index in [1.54, 1.807) is 6.92 Å². The average Bonchev–Trinajstić information content (AvgIpc) is 2.05. The Morgan fingerprint density at radius 1 is 1.58 bits per heavy atom. The fourth-order valence-electron chi connectivity index (χ4n) is 0.807. The van der Waals surface area contributed by atoms with Crippen LogP contribution in [0.2, 0.25) is 0 Å². The number of rotatable bonds is 2. The van der Waals surface area contributed by atoms with E-state index in [1.165, 1.54) is 12.4 Å². The van der Waals surface area contributed by atoms with Crippen LogP contribution in [0.3, 0.4) is 0 Å². The smallest absolute Gasteiger partial charge is 0.272 e. The highest BCUT2D eigenvalue weighted by Crippen LogP contribution is 1.97. The molecule has 1 aromatic rings. The molecule has 0 bridgehead atoms. The van der Waals surface area contributed by atoms with Gasteiger partial charge in [0.2, 0.25) is 0 Å². The van der Waals surface area contributed by atoms with Crippen molar-refractivity contribution in [2.24, 2.45) is 5.73 Å². The van der Waals surface area contributed by atoms with Gasteiger partial charge >= 0.3 is 0 Å². The summed E-state index contributed by atoms with van der Waals surface area (Å²) in [6, 6.07) is 0. The van der Waals surface area contributed by atoms with Gasteiger partial charge in [-0.15, -0.1) is 0 Å². The van der Waals surface area contributed by atoms with Gasteiger partial charge in [-0.25, -0.2) is 4.98 Å². The maximum Gasteiger partial charge on any atom is 0.272 e. The van der Waals surface area contributed by atoms with Crippen LogP contribution in [-0.2, 0) is 0 Å². The fourth-order valence-corrected chi connectivity index (χ4v) is 0.807. The maximum absolute atomic E-state index is 11.2. The second-order valence-electron chi connectivity index (χ2n) is 2.20. The molecule has 0 aliphatic heterocycles. The van der Waals surface area contributed by atoms with Gasteiger partial charge in [-0.2, -0.15) is 0 Å². The first-order chi connectivity index (χ1) is 5.75. The Morgan fingerprint density at radius 3 is 2.83 bits per heavy atom. The van der Waals surface area contributed by atoms with Gasteiger partial charge in [0.1, 0.15) is 5.69 Å². The lowest BCUT2D eigenvalue weighted by Crippen LogP contribution is -2.30. The number of nitrogens with zero attached hydrogens (tertiary/aromatic N) is 2. The van der Waals surface area contributed by atoms with Crippen molar-refractivity contribution in [1.29, 1.82) is 0 Å². The van der Waals surface area contributed by atoms with Gasteiger partial charge in [0, 0.05) is 12.4 Å². The molecule has 0 atom stereocenters. The summed E-state index contributed by atoms with van der Waals surface area (Å²) in [6.45, 7) is 1.83. The van der Waals surface area contributed by atoms with Crippen molar-refractivity contribution in [3.63, 3.8) is 0 Å². The van der Waals surface area contributed by atoms with Crippen LogP contribution in [0.25, 0.3) is 0 Å². The number of aromatic nitrogens is 2. The van der Waals surface area contributed by atoms with Crippen LogP contribution in [0, 0.1) is 6.92 Å². The number of hydrogen-bond donors (Lipinski definition) is 2. The molecule has 0 saturated carbocycles. The number of carbonyl (C=O) groups excluding carboxylic acids is 1. The molecule has 1 amide bonds. The zero-order valence-electron chi connectivity index (χ0n) is 6.74. The van der Waals surface area contributed by atoms with Crippen LogP contribution in [0.5, 0.6) is 0 Å². The lowest BCUT2D eigenvalue weighted by atomic mass is 10.3. The lowest BCUT2D eigenvalue weighted by Gasteiger charge is -2.02. The monoisotopic (exact) mass is 166 g/mol. The third kappa shape index (κ3) is 1.76. The highest BCUT2D eigenvalue weighted by molar-refractivity contribution is 5.93. The molecule has 0 aliphatic rings. The number of amides is 1. The molecule has 64 valence electrons. The van der Waals surface area contributed by atoms with E-state index in [2.05, 4.69) is 15.3 Å². The van der Waals surface area contributed by atoms with Gasteiger partial charge in [0.15, 0.2) is 0 Å². The minimum atomic E-state index is -0.289. The number of aryl methyl sites for hydroxylation is 1. The van der Waals surface area contributed by atoms with Crippen LogP contribution < -0.4 is 11.1 Å². The van der Waals surface area contributed by atoms with E-state index in [0.717, 1.165) is 0 Å². The van der Waals surface area contributed by atoms with E-state index in [9.17, 15) is 4.79 Å². The summed E-state index contributed by atoms with van der Waals surface area (Å²) in [5, 5.41) is 2.44. The molecule has 12 heavy (non-hydrogen) atoms. The number of carbonyl (C=O) groups is 1. The Labute approximate surface area is 70.0 Å². The summed E-state index contributed by atoms with van der Waals surface area (Å²) in [5.74, 6) is -0.289. The van der Waals surface area contributed by atoms with Gasteiger partial charge in [-0.3, -0.25) is 9.78 Å². The molecule has 0 fully saturated rings. The van der Waals surface area contributed by atoms with E-state index >= 15 is 0 Å². The molecule has 1 rings (SSSR count). The van der Waals surface area contributed by atoms with Gasteiger partial charge in [-0.05, 0) is 6.92 Å². The Morgan fingerprint density at radius 2 is 2.25 bits per heavy atom. The minimum absolute atomic E-state index is 0.106. The molecule has 5 heteroatoms. The van der Waals surface area contributed by atoms with Crippen molar-refractivity contribution >= 4 is 5.91 Å². The van der Waals surface area contributed by atoms with Crippen LogP contribution in [0.15, 0.2) is 12.4 Å². The molecular weight excluding hydrogens is 156 g/mol. The van der Waals surface area contributed by atoms with E-state index in [4.69, 9.17) is 5.73 Å². The summed E-state index contributed by atoms with van der Waals surface area (Å²) < 4.78 is 0. The zero-order valence-corrected chi connectivity index (χ0v) is 6.74. The molecule has 0 aliphatic carbocycles. The Kier molecular flexibility index (Phi) is 2.71. The summed E-state index contributed by atoms with van der Waals surface area (Å²) >= 11 is 0. The van der Waals surface area contributed by atoms with Gasteiger partial charge in [0.05, 0.1) is 12.4 Å². The average molecular weight is 166 g/mol. The third-order valence-corrected chi connectivity index (χ3v) is 1.36. The normalized spacial score (nSPS) is 9.50. The number of hydrogen-bond acceptors (Lipinski definition) is 4. The first-order valence-corrected chi connectivity index (χ1v) is 3.51. The van der Waals surface area contributed by atoms with Gasteiger partial charge < -0.3 is 11.1 Å². The van der Waals surface area contributed by atoms with E-state index < -0.39 is 0 Å². The predicted molar refractivity (Wildman–Crippen MR) is 43.3 cm³/mol. The Balaban J connectivity index is 2.87. The molecule has 5 nitrogen and oxygen atoms in total. The second-order valence-corrected chi connectivity index (χ2v) is 2.20. The van der Waals surface area contributed by atoms with Crippen LogP contribution in [-0.4, -0.2) is 22.5 Å². The first-order valence-electron chi connectivity index (χ1n) is 3.51. The maximum atomic E-state index is 11.2. The van der Waals surface area contributed by atoms with E-state index in [0.29, 0.717) is 11.4 Å². The Bertz CT molecular complexity index is 286. The summed E-state index contributed by atoms with van der Waals surface area (Å²) in [7, 11) is 0. The SMILES string of the molecule is Cc1nccnc1C(=O)NCN. The molecule has 0 saturated heterocycles. The van der Waals surface area contributed by atoms with Crippen molar-refractivity contribution in [2.45, 2.75) is 6.92 Å². The molecule has 0 radical (unpaired) electrons.